The molecule has 0 aliphatic carbocycles. The second kappa shape index (κ2) is 10.0. The average molecular weight is 451 g/mol. The number of amides is 1. The van der Waals surface area contributed by atoms with Crippen LogP contribution in [0.2, 0.25) is 0 Å². The fraction of sp³-hybridized carbons (Fsp3) is 0.227. The number of nitrogens with one attached hydrogen (secondary N) is 1. The van der Waals surface area contributed by atoms with Gasteiger partial charge in [0.25, 0.3) is 11.8 Å². The lowest BCUT2D eigenvalue weighted by molar-refractivity contribution is 0.0959. The summed E-state index contributed by atoms with van der Waals surface area (Å²) in [6, 6.07) is 8.83. The normalized spacial score (nSPS) is 11.2. The van der Waals surface area contributed by atoms with Crippen LogP contribution >= 0.6 is 11.3 Å². The molecule has 0 aliphatic rings. The van der Waals surface area contributed by atoms with Gasteiger partial charge >= 0.3 is 0 Å². The highest BCUT2D eigenvalue weighted by molar-refractivity contribution is 7.12. The predicted molar refractivity (Wildman–Crippen MR) is 123 cm³/mol. The molecule has 1 N–H and O–H groups in total. The molecule has 0 saturated heterocycles. The molecule has 0 radical (unpaired) electrons. The van der Waals surface area contributed by atoms with E-state index in [1.807, 2.05) is 16.0 Å². The zero-order valence-corrected chi connectivity index (χ0v) is 18.5. The van der Waals surface area contributed by atoms with Crippen molar-refractivity contribution in [2.45, 2.75) is 26.3 Å². The molecule has 3 aromatic heterocycles. The number of methoxy groups -OCH3 is 1. The van der Waals surface area contributed by atoms with E-state index in [0.29, 0.717) is 33.3 Å². The molecule has 0 atom stereocenters. The van der Waals surface area contributed by atoms with Gasteiger partial charge in [0.15, 0.2) is 11.2 Å². The van der Waals surface area contributed by atoms with Gasteiger partial charge in [-0.15, -0.1) is 11.3 Å². The fourth-order valence-corrected chi connectivity index (χ4v) is 3.64. The van der Waals surface area contributed by atoms with E-state index in [4.69, 9.17) is 9.47 Å². The average Bonchev–Trinajstić information content (AvgIpc) is 3.49. The molecule has 0 saturated carbocycles. The number of thiophene rings is 1. The van der Waals surface area contributed by atoms with Crippen molar-refractivity contribution in [3.63, 3.8) is 0 Å². The number of hydrazone groups is 1. The number of imidazole rings is 1. The van der Waals surface area contributed by atoms with Crippen molar-refractivity contribution in [1.82, 2.24) is 24.9 Å². The van der Waals surface area contributed by atoms with Crippen LogP contribution in [0.1, 0.15) is 35.0 Å². The van der Waals surface area contributed by atoms with Gasteiger partial charge in [-0.25, -0.2) is 15.4 Å². The lowest BCUT2D eigenvalue weighted by Gasteiger charge is -2.09. The number of fused-ring (bicyclic) bond motifs is 1. The fourth-order valence-electron chi connectivity index (χ4n) is 3.02. The van der Waals surface area contributed by atoms with Crippen LogP contribution in [0.4, 0.5) is 0 Å². The van der Waals surface area contributed by atoms with E-state index in [0.717, 1.165) is 25.0 Å². The van der Waals surface area contributed by atoms with Crippen molar-refractivity contribution in [2.24, 2.45) is 5.10 Å². The molecular weight excluding hydrogens is 428 g/mol. The Labute approximate surface area is 188 Å². The molecule has 0 spiro atoms. The monoisotopic (exact) mass is 450 g/mol. The van der Waals surface area contributed by atoms with Crippen LogP contribution in [0.15, 0.2) is 53.5 Å². The van der Waals surface area contributed by atoms with E-state index in [1.165, 1.54) is 23.9 Å². The Morgan fingerprint density at radius 3 is 2.97 bits per heavy atom. The third-order valence-corrected chi connectivity index (χ3v) is 5.52. The molecule has 4 aromatic rings. The summed E-state index contributed by atoms with van der Waals surface area (Å²) in [6.07, 6.45) is 6.87. The first-order chi connectivity index (χ1) is 15.7. The summed E-state index contributed by atoms with van der Waals surface area (Å²) in [5.41, 5.74) is 4.52. The topological polar surface area (TPSA) is 104 Å². The van der Waals surface area contributed by atoms with E-state index in [1.54, 1.807) is 37.7 Å². The Balaban J connectivity index is 1.50. The molecule has 9 nitrogen and oxygen atoms in total. The number of aryl methyl sites for hydroxylation is 1. The molecule has 10 heteroatoms. The zero-order chi connectivity index (χ0) is 22.3. The Morgan fingerprint density at radius 1 is 1.28 bits per heavy atom. The Kier molecular flexibility index (Phi) is 6.71. The summed E-state index contributed by atoms with van der Waals surface area (Å²) >= 11 is 1.35. The highest BCUT2D eigenvalue weighted by Gasteiger charge is 2.13. The van der Waals surface area contributed by atoms with E-state index in [-0.39, 0.29) is 5.91 Å². The van der Waals surface area contributed by atoms with Gasteiger partial charge in [0.2, 0.25) is 0 Å². The summed E-state index contributed by atoms with van der Waals surface area (Å²) in [4.78, 5) is 25.6. The second-order valence-corrected chi connectivity index (χ2v) is 7.77. The van der Waals surface area contributed by atoms with Crippen molar-refractivity contribution >= 4 is 34.6 Å². The van der Waals surface area contributed by atoms with Gasteiger partial charge in [-0.05, 0) is 30.0 Å². The molecule has 3 heterocycles. The number of hydrogen-bond donors (Lipinski definition) is 1. The summed E-state index contributed by atoms with van der Waals surface area (Å²) in [7, 11) is 1.55. The van der Waals surface area contributed by atoms with Crippen molar-refractivity contribution in [2.75, 3.05) is 7.11 Å². The second-order valence-electron chi connectivity index (χ2n) is 6.82. The number of carbonyl (C=O) groups is 1. The number of unbranched alkanes of at least 4 members (excludes halogenated alkanes) is 1. The highest BCUT2D eigenvalue weighted by Crippen LogP contribution is 2.29. The minimum Gasteiger partial charge on any atom is -0.496 e. The first kappa shape index (κ1) is 21.4. The molecule has 1 aromatic carbocycles. The molecule has 0 bridgehead atoms. The van der Waals surface area contributed by atoms with Crippen LogP contribution in [-0.4, -0.2) is 38.8 Å². The quantitative estimate of drug-likeness (QED) is 0.302. The molecular formula is C22H22N6O3S. The minimum atomic E-state index is -0.263. The largest absolute Gasteiger partial charge is 0.496 e. The lowest BCUT2D eigenvalue weighted by Crippen LogP contribution is -2.16. The molecule has 0 unspecified atom stereocenters. The minimum absolute atomic E-state index is 0.263. The molecule has 0 aliphatic heterocycles. The van der Waals surface area contributed by atoms with E-state index >= 15 is 0 Å². The highest BCUT2D eigenvalue weighted by atomic mass is 32.1. The Hall–Kier alpha value is -3.79. The Bertz CT molecular complexity index is 1240. The number of ether oxygens (including phenoxy) is 2. The first-order valence-electron chi connectivity index (χ1n) is 10.1. The van der Waals surface area contributed by atoms with Gasteiger partial charge in [-0.3, -0.25) is 4.79 Å². The number of nitrogens with zero attached hydrogens (tertiary/aromatic N) is 5. The van der Waals surface area contributed by atoms with E-state index in [2.05, 4.69) is 32.4 Å². The molecule has 32 heavy (non-hydrogen) atoms. The van der Waals surface area contributed by atoms with Gasteiger partial charge < -0.3 is 14.0 Å². The predicted octanol–water partition coefficient (Wildman–Crippen LogP) is 4.25. The number of rotatable bonds is 9. The van der Waals surface area contributed by atoms with Crippen molar-refractivity contribution in [3.05, 3.63) is 58.8 Å². The maximum atomic E-state index is 12.0. The van der Waals surface area contributed by atoms with Crippen LogP contribution < -0.4 is 14.9 Å². The van der Waals surface area contributed by atoms with Gasteiger partial charge in [0, 0.05) is 18.2 Å². The van der Waals surface area contributed by atoms with E-state index < -0.39 is 0 Å². The lowest BCUT2D eigenvalue weighted by atomic mass is 10.2. The van der Waals surface area contributed by atoms with Crippen LogP contribution in [0, 0.1) is 0 Å². The van der Waals surface area contributed by atoms with Crippen LogP contribution in [-0.2, 0) is 6.54 Å². The molecule has 0 fully saturated rings. The van der Waals surface area contributed by atoms with Crippen molar-refractivity contribution in [3.8, 4) is 17.4 Å². The van der Waals surface area contributed by atoms with E-state index in [9.17, 15) is 4.79 Å². The van der Waals surface area contributed by atoms with Crippen molar-refractivity contribution in [1.29, 1.82) is 0 Å². The number of carbonyl (C=O) groups excluding carboxylic acids is 1. The smallest absolute Gasteiger partial charge is 0.281 e. The maximum Gasteiger partial charge on any atom is 0.281 e. The van der Waals surface area contributed by atoms with Crippen LogP contribution in [0.3, 0.4) is 0 Å². The van der Waals surface area contributed by atoms with Gasteiger partial charge in [-0.2, -0.15) is 10.1 Å². The first-order valence-corrected chi connectivity index (χ1v) is 11.0. The summed E-state index contributed by atoms with van der Waals surface area (Å²) in [6.45, 7) is 2.98. The van der Waals surface area contributed by atoms with Crippen molar-refractivity contribution < 1.29 is 14.3 Å². The third-order valence-electron chi connectivity index (χ3n) is 4.65. The summed E-state index contributed by atoms with van der Waals surface area (Å²) in [5.74, 6) is 1.18. The van der Waals surface area contributed by atoms with Crippen LogP contribution in [0.5, 0.6) is 17.4 Å². The number of aromatic nitrogens is 4. The zero-order valence-electron chi connectivity index (χ0n) is 17.7. The molecule has 164 valence electrons. The summed E-state index contributed by atoms with van der Waals surface area (Å²) in [5, 5.41) is 5.85. The van der Waals surface area contributed by atoms with Gasteiger partial charge in [0.1, 0.15) is 17.8 Å². The Morgan fingerprint density at radius 2 is 2.19 bits per heavy atom. The maximum absolute atomic E-state index is 12.0. The molecule has 1 amide bonds. The van der Waals surface area contributed by atoms with Gasteiger partial charge in [-0.1, -0.05) is 19.4 Å². The SMILES string of the molecule is CCCCn1cnc2c(Oc3ccc(/C=N/NC(=O)c4cccs4)c(OC)c3)ncnc21. The molecule has 4 rings (SSSR count). The number of benzene rings is 1. The summed E-state index contributed by atoms with van der Waals surface area (Å²) < 4.78 is 13.4. The third kappa shape index (κ3) is 4.75. The standard InChI is InChI=1S/C22H22N6O3S/c1-3-4-9-28-14-25-19-20(28)23-13-24-22(19)31-16-8-7-15(17(11-16)30-2)12-26-27-21(29)18-6-5-10-32-18/h5-8,10-14H,3-4,9H2,1-2H3,(H,27,29)/b26-12+. The number of hydrogen-bond acceptors (Lipinski definition) is 8. The van der Waals surface area contributed by atoms with Crippen LogP contribution in [0.25, 0.3) is 11.2 Å². The van der Waals surface area contributed by atoms with Gasteiger partial charge in [0.05, 0.1) is 24.5 Å².